The van der Waals surface area contributed by atoms with Gasteiger partial charge in [-0.15, -0.1) is 0 Å². The van der Waals surface area contributed by atoms with Crippen LogP contribution < -0.4 is 0 Å². The Bertz CT molecular complexity index is 44.3. The van der Waals surface area contributed by atoms with Crippen LogP contribution in [-0.4, -0.2) is 11.2 Å². The van der Waals surface area contributed by atoms with Crippen LogP contribution >= 0.6 is 0 Å². The van der Waals surface area contributed by atoms with Crippen LogP contribution in [0.1, 0.15) is 33.6 Å². The summed E-state index contributed by atoms with van der Waals surface area (Å²) in [5.41, 5.74) is 0. The molecule has 0 aliphatic rings. The summed E-state index contributed by atoms with van der Waals surface area (Å²) in [6.45, 7) is 6.19. The molecule has 1 N–H and O–H groups in total. The van der Waals surface area contributed by atoms with E-state index < -0.39 is 0 Å². The van der Waals surface area contributed by atoms with Gasteiger partial charge in [0.15, 0.2) is 0 Å². The summed E-state index contributed by atoms with van der Waals surface area (Å²) >= 11 is 0. The van der Waals surface area contributed by atoms with Crippen molar-refractivity contribution in [3.63, 3.8) is 0 Å². The Hall–Kier alpha value is -0.0400. The normalized spacial score (nSPS) is 18.0. The SMILES string of the molecule is CCC(C)C(O)CC. The molecule has 0 rings (SSSR count). The minimum atomic E-state index is -0.0833. The van der Waals surface area contributed by atoms with E-state index in [-0.39, 0.29) is 6.10 Å². The van der Waals surface area contributed by atoms with Gasteiger partial charge in [0, 0.05) is 0 Å². The van der Waals surface area contributed by atoms with E-state index in [0.29, 0.717) is 5.92 Å². The second-order valence-electron chi connectivity index (χ2n) is 2.36. The molecule has 0 fully saturated rings. The first-order chi connectivity index (χ1) is 3.72. The zero-order valence-electron chi connectivity index (χ0n) is 6.02. The Morgan fingerprint density at radius 1 is 1.25 bits per heavy atom. The maximum absolute atomic E-state index is 9.13. The fourth-order valence-electron chi connectivity index (χ4n) is 0.674. The second-order valence-corrected chi connectivity index (χ2v) is 2.36. The first-order valence-corrected chi connectivity index (χ1v) is 3.40. The standard InChI is InChI=1S/C7H16O/c1-4-6(3)7(8)5-2/h6-8H,4-5H2,1-3H3. The highest BCUT2D eigenvalue weighted by Crippen LogP contribution is 2.09. The molecule has 0 bridgehead atoms. The maximum Gasteiger partial charge on any atom is 0.0563 e. The molecule has 1 nitrogen and oxygen atoms in total. The molecule has 0 amide bonds. The van der Waals surface area contributed by atoms with Crippen molar-refractivity contribution >= 4 is 0 Å². The summed E-state index contributed by atoms with van der Waals surface area (Å²) in [5, 5.41) is 9.13. The van der Waals surface area contributed by atoms with Crippen molar-refractivity contribution in [3.05, 3.63) is 0 Å². The number of aliphatic hydroxyl groups is 1. The lowest BCUT2D eigenvalue weighted by atomic mass is 10.0. The lowest BCUT2D eigenvalue weighted by Gasteiger charge is -2.13. The Morgan fingerprint density at radius 2 is 1.75 bits per heavy atom. The van der Waals surface area contributed by atoms with Gasteiger partial charge in [0.1, 0.15) is 0 Å². The molecule has 0 aliphatic carbocycles. The lowest BCUT2D eigenvalue weighted by Crippen LogP contribution is -2.14. The lowest BCUT2D eigenvalue weighted by molar-refractivity contribution is 0.111. The molecule has 0 aromatic rings. The molecule has 0 aliphatic heterocycles. The predicted molar refractivity (Wildman–Crippen MR) is 35.8 cm³/mol. The maximum atomic E-state index is 9.13. The van der Waals surface area contributed by atoms with Crippen LogP contribution in [0, 0.1) is 5.92 Å². The van der Waals surface area contributed by atoms with E-state index in [0.717, 1.165) is 12.8 Å². The molecule has 0 saturated carbocycles. The molecule has 0 aromatic heterocycles. The number of aliphatic hydroxyl groups excluding tert-OH is 1. The highest BCUT2D eigenvalue weighted by molar-refractivity contribution is 4.59. The van der Waals surface area contributed by atoms with Gasteiger partial charge in [0.25, 0.3) is 0 Å². The fraction of sp³-hybridized carbons (Fsp3) is 1.00. The quantitative estimate of drug-likeness (QED) is 0.596. The molecule has 1 heteroatoms. The first-order valence-electron chi connectivity index (χ1n) is 3.40. The first kappa shape index (κ1) is 7.96. The summed E-state index contributed by atoms with van der Waals surface area (Å²) in [6.07, 6.45) is 1.88. The van der Waals surface area contributed by atoms with Crippen LogP contribution in [-0.2, 0) is 0 Å². The third-order valence-corrected chi connectivity index (χ3v) is 1.72. The van der Waals surface area contributed by atoms with Crippen molar-refractivity contribution in [2.45, 2.75) is 39.7 Å². The van der Waals surface area contributed by atoms with E-state index in [4.69, 9.17) is 5.11 Å². The van der Waals surface area contributed by atoms with Crippen LogP contribution in [0.2, 0.25) is 0 Å². The van der Waals surface area contributed by atoms with Crippen molar-refractivity contribution < 1.29 is 5.11 Å². The average molecular weight is 116 g/mol. The highest BCUT2D eigenvalue weighted by Gasteiger charge is 2.07. The van der Waals surface area contributed by atoms with Gasteiger partial charge in [-0.1, -0.05) is 27.2 Å². The molecule has 50 valence electrons. The van der Waals surface area contributed by atoms with Crippen molar-refractivity contribution in [1.82, 2.24) is 0 Å². The van der Waals surface area contributed by atoms with Crippen LogP contribution in [0.15, 0.2) is 0 Å². The van der Waals surface area contributed by atoms with Gasteiger partial charge in [0.05, 0.1) is 6.10 Å². The Kier molecular flexibility index (Phi) is 3.88. The minimum Gasteiger partial charge on any atom is -0.393 e. The molecule has 0 radical (unpaired) electrons. The topological polar surface area (TPSA) is 20.2 Å². The van der Waals surface area contributed by atoms with Gasteiger partial charge in [-0.3, -0.25) is 0 Å². The highest BCUT2D eigenvalue weighted by atomic mass is 16.3. The zero-order valence-corrected chi connectivity index (χ0v) is 6.02. The van der Waals surface area contributed by atoms with E-state index in [2.05, 4.69) is 13.8 Å². The third kappa shape index (κ3) is 2.31. The van der Waals surface area contributed by atoms with E-state index in [1.165, 1.54) is 0 Å². The minimum absolute atomic E-state index is 0.0833. The van der Waals surface area contributed by atoms with Gasteiger partial charge in [0.2, 0.25) is 0 Å². The average Bonchev–Trinajstić information content (AvgIpc) is 1.84. The van der Waals surface area contributed by atoms with Crippen LogP contribution in [0.3, 0.4) is 0 Å². The molecule has 0 saturated heterocycles. The summed E-state index contributed by atoms with van der Waals surface area (Å²) in [4.78, 5) is 0. The summed E-state index contributed by atoms with van der Waals surface area (Å²) in [6, 6.07) is 0. The van der Waals surface area contributed by atoms with Crippen molar-refractivity contribution in [1.29, 1.82) is 0 Å². The van der Waals surface area contributed by atoms with Gasteiger partial charge >= 0.3 is 0 Å². The predicted octanol–water partition coefficient (Wildman–Crippen LogP) is 1.80. The molecule has 0 spiro atoms. The monoisotopic (exact) mass is 116 g/mol. The molecule has 2 atom stereocenters. The van der Waals surface area contributed by atoms with Gasteiger partial charge in [-0.2, -0.15) is 0 Å². The number of hydrogen-bond donors (Lipinski definition) is 1. The van der Waals surface area contributed by atoms with Crippen LogP contribution in [0.25, 0.3) is 0 Å². The number of rotatable bonds is 3. The van der Waals surface area contributed by atoms with Gasteiger partial charge < -0.3 is 5.11 Å². The van der Waals surface area contributed by atoms with E-state index in [1.54, 1.807) is 0 Å². The molecule has 0 aromatic carbocycles. The van der Waals surface area contributed by atoms with Crippen molar-refractivity contribution in [3.8, 4) is 0 Å². The Labute approximate surface area is 51.7 Å². The van der Waals surface area contributed by atoms with Gasteiger partial charge in [-0.25, -0.2) is 0 Å². The third-order valence-electron chi connectivity index (χ3n) is 1.72. The molecule has 8 heavy (non-hydrogen) atoms. The Morgan fingerprint density at radius 3 is 1.88 bits per heavy atom. The molecule has 2 unspecified atom stereocenters. The Balaban J connectivity index is 3.29. The number of hydrogen-bond acceptors (Lipinski definition) is 1. The summed E-state index contributed by atoms with van der Waals surface area (Å²) < 4.78 is 0. The molecular formula is C7H16O. The summed E-state index contributed by atoms with van der Waals surface area (Å²) in [7, 11) is 0. The zero-order chi connectivity index (χ0) is 6.57. The second kappa shape index (κ2) is 3.90. The largest absolute Gasteiger partial charge is 0.393 e. The van der Waals surface area contributed by atoms with Crippen LogP contribution in [0.5, 0.6) is 0 Å². The van der Waals surface area contributed by atoms with Crippen molar-refractivity contribution in [2.75, 3.05) is 0 Å². The molecule has 0 heterocycles. The summed E-state index contributed by atoms with van der Waals surface area (Å²) in [5.74, 6) is 0.472. The van der Waals surface area contributed by atoms with E-state index in [1.807, 2.05) is 6.92 Å². The fourth-order valence-corrected chi connectivity index (χ4v) is 0.674. The molecular weight excluding hydrogens is 100 g/mol. The van der Waals surface area contributed by atoms with E-state index >= 15 is 0 Å². The van der Waals surface area contributed by atoms with Gasteiger partial charge in [-0.05, 0) is 12.3 Å². The smallest absolute Gasteiger partial charge is 0.0563 e. The van der Waals surface area contributed by atoms with E-state index in [9.17, 15) is 0 Å². The van der Waals surface area contributed by atoms with Crippen LogP contribution in [0.4, 0.5) is 0 Å². The van der Waals surface area contributed by atoms with Crippen molar-refractivity contribution in [2.24, 2.45) is 5.92 Å².